The van der Waals surface area contributed by atoms with Crippen molar-refractivity contribution in [1.82, 2.24) is 20.3 Å². The van der Waals surface area contributed by atoms with Gasteiger partial charge in [-0.3, -0.25) is 0 Å². The van der Waals surface area contributed by atoms with Crippen LogP contribution in [-0.2, 0) is 13.0 Å². The topological polar surface area (TPSA) is 55.9 Å². The van der Waals surface area contributed by atoms with Crippen molar-refractivity contribution >= 4 is 0 Å². The van der Waals surface area contributed by atoms with Gasteiger partial charge in [0.15, 0.2) is 0 Å². The quantitative estimate of drug-likeness (QED) is 0.783. The predicted octanol–water partition coefficient (Wildman–Crippen LogP) is 3.97. The molecule has 0 spiro atoms. The third kappa shape index (κ3) is 3.24. The molecule has 0 amide bonds. The summed E-state index contributed by atoms with van der Waals surface area (Å²) in [6.45, 7) is 7.46. The second kappa shape index (κ2) is 6.15. The summed E-state index contributed by atoms with van der Waals surface area (Å²) in [5.74, 6) is 0. The zero-order valence-electron chi connectivity index (χ0n) is 15.0. The van der Waals surface area contributed by atoms with Gasteiger partial charge in [0.25, 0.3) is 0 Å². The molecule has 1 unspecified atom stereocenters. The van der Waals surface area contributed by atoms with Gasteiger partial charge in [-0.25, -0.2) is 4.68 Å². The van der Waals surface area contributed by atoms with E-state index in [1.807, 2.05) is 12.3 Å². The van der Waals surface area contributed by atoms with Crippen molar-refractivity contribution in [3.63, 3.8) is 0 Å². The molecule has 1 N–H and O–H groups in total. The molecule has 25 heavy (non-hydrogen) atoms. The number of aryl methyl sites for hydroxylation is 1. The lowest BCUT2D eigenvalue weighted by atomic mass is 9.74. The standard InChI is InChI=1S/C20H24N4O/c1-14-4-6-16(7-5-14)24-19-11-20(2,3)10-18(17(19)13-22-24)21-12-15-8-9-25-23-15/h4-9,13,18,21H,10-12H2,1-3H3. The van der Waals surface area contributed by atoms with Crippen LogP contribution >= 0.6 is 0 Å². The highest BCUT2D eigenvalue weighted by atomic mass is 16.5. The van der Waals surface area contributed by atoms with Gasteiger partial charge in [-0.2, -0.15) is 5.10 Å². The second-order valence-corrected chi connectivity index (χ2v) is 7.76. The maximum absolute atomic E-state index is 4.93. The molecule has 3 aromatic rings. The molecule has 5 heteroatoms. The van der Waals surface area contributed by atoms with Crippen molar-refractivity contribution in [3.8, 4) is 5.69 Å². The van der Waals surface area contributed by atoms with Crippen molar-refractivity contribution in [3.05, 3.63) is 65.3 Å². The minimum Gasteiger partial charge on any atom is -0.364 e. The Hall–Kier alpha value is -2.40. The number of benzene rings is 1. The molecule has 130 valence electrons. The molecule has 1 aliphatic carbocycles. The molecule has 0 aliphatic heterocycles. The van der Waals surface area contributed by atoms with Crippen molar-refractivity contribution in [1.29, 1.82) is 0 Å². The molecule has 4 rings (SSSR count). The van der Waals surface area contributed by atoms with E-state index in [0.29, 0.717) is 6.54 Å². The van der Waals surface area contributed by atoms with E-state index in [1.54, 1.807) is 6.26 Å². The molecule has 0 saturated heterocycles. The minimum absolute atomic E-state index is 0.219. The Labute approximate surface area is 148 Å². The van der Waals surface area contributed by atoms with Gasteiger partial charge in [0.1, 0.15) is 6.26 Å². The third-order valence-electron chi connectivity index (χ3n) is 4.98. The largest absolute Gasteiger partial charge is 0.364 e. The summed E-state index contributed by atoms with van der Waals surface area (Å²) in [5.41, 5.74) is 6.13. The lowest BCUT2D eigenvalue weighted by molar-refractivity contribution is 0.251. The summed E-state index contributed by atoms with van der Waals surface area (Å²) in [5, 5.41) is 12.3. The number of aromatic nitrogens is 3. The number of nitrogens with zero attached hydrogens (tertiary/aromatic N) is 3. The Kier molecular flexibility index (Phi) is 3.96. The van der Waals surface area contributed by atoms with E-state index in [2.05, 4.69) is 60.2 Å². The summed E-state index contributed by atoms with van der Waals surface area (Å²) in [6, 6.07) is 10.7. The smallest absolute Gasteiger partial charge is 0.124 e. The number of hydrogen-bond donors (Lipinski definition) is 1. The number of fused-ring (bicyclic) bond motifs is 1. The van der Waals surface area contributed by atoms with Crippen LogP contribution < -0.4 is 5.32 Å². The van der Waals surface area contributed by atoms with E-state index in [4.69, 9.17) is 9.62 Å². The van der Waals surface area contributed by atoms with Gasteiger partial charge in [-0.15, -0.1) is 0 Å². The summed E-state index contributed by atoms with van der Waals surface area (Å²) in [7, 11) is 0. The van der Waals surface area contributed by atoms with Crippen molar-refractivity contribution < 1.29 is 4.52 Å². The fourth-order valence-electron chi connectivity index (χ4n) is 3.69. The van der Waals surface area contributed by atoms with Gasteiger partial charge in [0, 0.05) is 29.9 Å². The van der Waals surface area contributed by atoms with Gasteiger partial charge in [-0.1, -0.05) is 36.7 Å². The zero-order chi connectivity index (χ0) is 17.4. The summed E-state index contributed by atoms with van der Waals surface area (Å²) in [4.78, 5) is 0. The predicted molar refractivity (Wildman–Crippen MR) is 96.5 cm³/mol. The molecule has 1 aliphatic rings. The number of nitrogens with one attached hydrogen (secondary N) is 1. The van der Waals surface area contributed by atoms with E-state index in [0.717, 1.165) is 24.2 Å². The molecule has 1 aromatic carbocycles. The maximum Gasteiger partial charge on any atom is 0.124 e. The van der Waals surface area contributed by atoms with Crippen LogP contribution in [0, 0.1) is 12.3 Å². The Morgan fingerprint density at radius 3 is 2.76 bits per heavy atom. The summed E-state index contributed by atoms with van der Waals surface area (Å²) in [6.07, 6.45) is 5.74. The van der Waals surface area contributed by atoms with Crippen LogP contribution in [0.5, 0.6) is 0 Å². The summed E-state index contributed by atoms with van der Waals surface area (Å²) < 4.78 is 7.03. The maximum atomic E-state index is 4.93. The highest BCUT2D eigenvalue weighted by Crippen LogP contribution is 2.41. The molecule has 0 saturated carbocycles. The third-order valence-corrected chi connectivity index (χ3v) is 4.98. The van der Waals surface area contributed by atoms with E-state index >= 15 is 0 Å². The van der Waals surface area contributed by atoms with E-state index in [1.165, 1.54) is 16.8 Å². The van der Waals surface area contributed by atoms with Gasteiger partial charge >= 0.3 is 0 Å². The van der Waals surface area contributed by atoms with Gasteiger partial charge in [-0.05, 0) is 37.3 Å². The monoisotopic (exact) mass is 336 g/mol. The Bertz CT molecular complexity index is 846. The van der Waals surface area contributed by atoms with Crippen molar-refractivity contribution in [2.24, 2.45) is 5.41 Å². The zero-order valence-corrected chi connectivity index (χ0v) is 15.0. The SMILES string of the molecule is Cc1ccc(-n2ncc3c2CC(C)(C)CC3NCc2ccon2)cc1. The number of rotatable bonds is 4. The van der Waals surface area contributed by atoms with Gasteiger partial charge < -0.3 is 9.84 Å². The Balaban J connectivity index is 1.65. The average molecular weight is 336 g/mol. The van der Waals surface area contributed by atoms with Crippen LogP contribution in [0.1, 0.15) is 48.8 Å². The lowest BCUT2D eigenvalue weighted by Gasteiger charge is -2.36. The first-order chi connectivity index (χ1) is 12.0. The fraction of sp³-hybridized carbons (Fsp3) is 0.400. The van der Waals surface area contributed by atoms with Crippen LogP contribution in [0.3, 0.4) is 0 Å². The van der Waals surface area contributed by atoms with E-state index in [9.17, 15) is 0 Å². The van der Waals surface area contributed by atoms with Crippen molar-refractivity contribution in [2.45, 2.75) is 46.2 Å². The van der Waals surface area contributed by atoms with Crippen LogP contribution in [0.15, 0.2) is 47.3 Å². The van der Waals surface area contributed by atoms with E-state index < -0.39 is 0 Å². The van der Waals surface area contributed by atoms with Crippen molar-refractivity contribution in [2.75, 3.05) is 0 Å². The first kappa shape index (κ1) is 16.1. The normalized spacial score (nSPS) is 18.9. The first-order valence-corrected chi connectivity index (χ1v) is 8.78. The minimum atomic E-state index is 0.219. The highest BCUT2D eigenvalue weighted by Gasteiger charge is 2.35. The molecule has 2 aromatic heterocycles. The van der Waals surface area contributed by atoms with Crippen LogP contribution in [0.2, 0.25) is 0 Å². The van der Waals surface area contributed by atoms with Crippen LogP contribution in [0.4, 0.5) is 0 Å². The first-order valence-electron chi connectivity index (χ1n) is 8.78. The molecule has 0 fully saturated rings. The van der Waals surface area contributed by atoms with E-state index in [-0.39, 0.29) is 11.5 Å². The summed E-state index contributed by atoms with van der Waals surface area (Å²) >= 11 is 0. The molecule has 1 atom stereocenters. The molecule has 0 radical (unpaired) electrons. The Morgan fingerprint density at radius 2 is 2.04 bits per heavy atom. The average Bonchev–Trinajstić information content (AvgIpc) is 3.22. The second-order valence-electron chi connectivity index (χ2n) is 7.76. The van der Waals surface area contributed by atoms with Gasteiger partial charge in [0.2, 0.25) is 0 Å². The van der Waals surface area contributed by atoms with Gasteiger partial charge in [0.05, 0.1) is 17.6 Å². The fourth-order valence-corrected chi connectivity index (χ4v) is 3.69. The van der Waals surface area contributed by atoms with Crippen LogP contribution in [-0.4, -0.2) is 14.9 Å². The molecule has 2 heterocycles. The molecular weight excluding hydrogens is 312 g/mol. The lowest BCUT2D eigenvalue weighted by Crippen LogP contribution is -2.33. The molecule has 5 nitrogen and oxygen atoms in total. The Morgan fingerprint density at radius 1 is 1.24 bits per heavy atom. The molecular formula is C20H24N4O. The molecule has 0 bridgehead atoms. The number of hydrogen-bond acceptors (Lipinski definition) is 4. The van der Waals surface area contributed by atoms with Crippen LogP contribution in [0.25, 0.3) is 5.69 Å². The highest BCUT2D eigenvalue weighted by molar-refractivity contribution is 5.39.